The molecular weight excluding hydrogens is 326 g/mol. The Morgan fingerprint density at radius 2 is 1.95 bits per heavy atom. The molecule has 0 unspecified atom stereocenters. The smallest absolute Gasteiger partial charge is 0.0471 e. The molecule has 21 heavy (non-hydrogen) atoms. The zero-order valence-electron chi connectivity index (χ0n) is 13.1. The third kappa shape index (κ3) is 3.20. The molecule has 1 N–H and O–H groups in total. The van der Waals surface area contributed by atoms with Gasteiger partial charge >= 0.3 is 0 Å². The molecule has 3 heteroatoms. The lowest BCUT2D eigenvalue weighted by atomic mass is 9.48. The highest BCUT2D eigenvalue weighted by molar-refractivity contribution is 9.10. The minimum absolute atomic E-state index is 0.311. The normalized spacial score (nSPS) is 23.2. The van der Waals surface area contributed by atoms with Crippen LogP contribution in [0.4, 0.5) is 0 Å². The summed E-state index contributed by atoms with van der Waals surface area (Å²) >= 11 is 3.64. The molecule has 1 saturated heterocycles. The van der Waals surface area contributed by atoms with E-state index < -0.39 is 0 Å². The van der Waals surface area contributed by atoms with Crippen LogP contribution in [0, 0.1) is 5.41 Å². The Hall–Kier alpha value is -0.380. The first kappa shape index (κ1) is 15.5. The van der Waals surface area contributed by atoms with E-state index in [1.165, 1.54) is 35.7 Å². The van der Waals surface area contributed by atoms with E-state index in [4.69, 9.17) is 4.74 Å². The van der Waals surface area contributed by atoms with Gasteiger partial charge in [-0.2, -0.15) is 0 Å². The molecule has 0 atom stereocenters. The Morgan fingerprint density at radius 1 is 1.24 bits per heavy atom. The minimum Gasteiger partial charge on any atom is -0.381 e. The maximum absolute atomic E-state index is 5.57. The number of hydrogen-bond acceptors (Lipinski definition) is 2. The molecule has 2 aliphatic rings. The molecule has 0 radical (unpaired) electrons. The Balaban J connectivity index is 1.80. The fourth-order valence-electron chi connectivity index (χ4n) is 4.19. The van der Waals surface area contributed by atoms with Gasteiger partial charge in [0.2, 0.25) is 0 Å². The fourth-order valence-corrected chi connectivity index (χ4v) is 4.59. The van der Waals surface area contributed by atoms with E-state index in [2.05, 4.69) is 59.4 Å². The molecule has 2 fully saturated rings. The van der Waals surface area contributed by atoms with E-state index in [9.17, 15) is 0 Å². The third-order valence-corrected chi connectivity index (χ3v) is 5.76. The largest absolute Gasteiger partial charge is 0.381 e. The van der Waals surface area contributed by atoms with Crippen LogP contribution in [0.2, 0.25) is 0 Å². The van der Waals surface area contributed by atoms with Gasteiger partial charge in [-0.25, -0.2) is 0 Å². The van der Waals surface area contributed by atoms with Crippen LogP contribution >= 0.6 is 15.9 Å². The zero-order valence-corrected chi connectivity index (χ0v) is 14.7. The van der Waals surface area contributed by atoms with Crippen LogP contribution in [0.15, 0.2) is 28.7 Å². The number of halogens is 1. The second-order valence-electron chi connectivity index (χ2n) is 7.29. The molecule has 0 aromatic heterocycles. The van der Waals surface area contributed by atoms with Gasteiger partial charge in [-0.15, -0.1) is 0 Å². The summed E-state index contributed by atoms with van der Waals surface area (Å²) in [7, 11) is 0. The summed E-state index contributed by atoms with van der Waals surface area (Å²) in [5.41, 5.74) is 2.34. The van der Waals surface area contributed by atoms with Gasteiger partial charge in [0.15, 0.2) is 0 Å². The van der Waals surface area contributed by atoms with Gasteiger partial charge in [-0.05, 0) is 48.8 Å². The molecule has 1 saturated carbocycles. The Bertz CT molecular complexity index is 486. The van der Waals surface area contributed by atoms with Crippen molar-refractivity contribution in [1.29, 1.82) is 0 Å². The number of ether oxygens (including phenoxy) is 1. The molecule has 116 valence electrons. The molecule has 1 aliphatic carbocycles. The minimum atomic E-state index is 0.311. The van der Waals surface area contributed by atoms with Crippen LogP contribution in [-0.2, 0) is 10.2 Å². The summed E-state index contributed by atoms with van der Waals surface area (Å²) in [6.07, 6.45) is 5.09. The molecule has 1 spiro atoms. The van der Waals surface area contributed by atoms with Gasteiger partial charge in [0.1, 0.15) is 0 Å². The van der Waals surface area contributed by atoms with Gasteiger partial charge in [0.05, 0.1) is 0 Å². The Morgan fingerprint density at radius 3 is 2.57 bits per heavy atom. The highest BCUT2D eigenvalue weighted by Crippen LogP contribution is 2.60. The summed E-state index contributed by atoms with van der Waals surface area (Å²) in [4.78, 5) is 0. The molecule has 0 bridgehead atoms. The van der Waals surface area contributed by atoms with Crippen LogP contribution in [0.5, 0.6) is 0 Å². The predicted molar refractivity (Wildman–Crippen MR) is 90.7 cm³/mol. The van der Waals surface area contributed by atoms with E-state index >= 15 is 0 Å². The Labute approximate surface area is 136 Å². The van der Waals surface area contributed by atoms with Crippen molar-refractivity contribution in [3.05, 3.63) is 34.3 Å². The second kappa shape index (κ2) is 6.02. The van der Waals surface area contributed by atoms with Gasteiger partial charge in [0, 0.05) is 35.7 Å². The highest BCUT2D eigenvalue weighted by Gasteiger charge is 2.55. The number of hydrogen-bond donors (Lipinski definition) is 1. The number of rotatable bonds is 4. The molecule has 2 nitrogen and oxygen atoms in total. The first-order valence-corrected chi connectivity index (χ1v) is 8.90. The van der Waals surface area contributed by atoms with Crippen LogP contribution in [0.1, 0.15) is 45.1 Å². The summed E-state index contributed by atoms with van der Waals surface area (Å²) in [5, 5.41) is 3.68. The van der Waals surface area contributed by atoms with E-state index in [1.807, 2.05) is 0 Å². The van der Waals surface area contributed by atoms with Crippen molar-refractivity contribution in [3.8, 4) is 0 Å². The summed E-state index contributed by atoms with van der Waals surface area (Å²) < 4.78 is 6.76. The monoisotopic (exact) mass is 351 g/mol. The van der Waals surface area contributed by atoms with Crippen LogP contribution in [-0.4, -0.2) is 25.8 Å². The molecule has 1 aliphatic heterocycles. The maximum atomic E-state index is 5.57. The molecule has 1 aromatic carbocycles. The average Bonchev–Trinajstić information content (AvgIpc) is 2.43. The predicted octanol–water partition coefficient (Wildman–Crippen LogP) is 4.28. The SMILES string of the molecule is CC(C)NCC1(c2cccc(Br)c2)CC2(CCOCC2)C1. The van der Waals surface area contributed by atoms with Crippen molar-refractivity contribution >= 4 is 15.9 Å². The van der Waals surface area contributed by atoms with Gasteiger partial charge in [-0.1, -0.05) is 41.9 Å². The highest BCUT2D eigenvalue weighted by atomic mass is 79.9. The third-order valence-electron chi connectivity index (χ3n) is 5.27. The summed E-state index contributed by atoms with van der Waals surface area (Å²) in [6, 6.07) is 9.45. The van der Waals surface area contributed by atoms with Crippen molar-refractivity contribution in [2.75, 3.05) is 19.8 Å². The molecular formula is C18H26BrNO. The lowest BCUT2D eigenvalue weighted by Crippen LogP contribution is -2.57. The van der Waals surface area contributed by atoms with Crippen molar-refractivity contribution in [1.82, 2.24) is 5.32 Å². The van der Waals surface area contributed by atoms with Gasteiger partial charge < -0.3 is 10.1 Å². The van der Waals surface area contributed by atoms with E-state index in [0.717, 1.165) is 19.8 Å². The lowest BCUT2D eigenvalue weighted by Gasteiger charge is -2.59. The molecule has 1 aromatic rings. The van der Waals surface area contributed by atoms with Crippen molar-refractivity contribution in [3.63, 3.8) is 0 Å². The van der Waals surface area contributed by atoms with E-state index in [1.54, 1.807) is 0 Å². The first-order chi connectivity index (χ1) is 10.0. The summed E-state index contributed by atoms with van der Waals surface area (Å²) in [5.74, 6) is 0. The average molecular weight is 352 g/mol. The molecule has 0 amide bonds. The van der Waals surface area contributed by atoms with Crippen molar-refractivity contribution in [2.45, 2.75) is 51.0 Å². The van der Waals surface area contributed by atoms with E-state index in [0.29, 0.717) is 16.9 Å². The van der Waals surface area contributed by atoms with Crippen LogP contribution in [0.25, 0.3) is 0 Å². The van der Waals surface area contributed by atoms with Gasteiger partial charge in [0.25, 0.3) is 0 Å². The lowest BCUT2D eigenvalue weighted by molar-refractivity contribution is -0.0741. The number of benzene rings is 1. The van der Waals surface area contributed by atoms with E-state index in [-0.39, 0.29) is 0 Å². The van der Waals surface area contributed by atoms with Crippen molar-refractivity contribution in [2.24, 2.45) is 5.41 Å². The zero-order chi connectivity index (χ0) is 14.9. The summed E-state index contributed by atoms with van der Waals surface area (Å²) in [6.45, 7) is 7.46. The molecule has 1 heterocycles. The topological polar surface area (TPSA) is 21.3 Å². The van der Waals surface area contributed by atoms with Crippen molar-refractivity contribution < 1.29 is 4.74 Å². The second-order valence-corrected chi connectivity index (χ2v) is 8.21. The van der Waals surface area contributed by atoms with Crippen LogP contribution in [0.3, 0.4) is 0 Å². The first-order valence-electron chi connectivity index (χ1n) is 8.11. The number of nitrogens with one attached hydrogen (secondary N) is 1. The maximum Gasteiger partial charge on any atom is 0.0471 e. The van der Waals surface area contributed by atoms with Crippen LogP contribution < -0.4 is 5.32 Å². The quantitative estimate of drug-likeness (QED) is 0.874. The standard InChI is InChI=1S/C18H26BrNO/c1-14(2)20-13-18(15-4-3-5-16(19)10-15)11-17(12-18)6-8-21-9-7-17/h3-5,10,14,20H,6-9,11-13H2,1-2H3. The van der Waals surface area contributed by atoms with Gasteiger partial charge in [-0.3, -0.25) is 0 Å². The molecule has 3 rings (SSSR count). The fraction of sp³-hybridized carbons (Fsp3) is 0.667. The Kier molecular flexibility index (Phi) is 4.45.